The van der Waals surface area contributed by atoms with Crippen LogP contribution in [0, 0.1) is 0 Å². The van der Waals surface area contributed by atoms with Crippen LogP contribution in [0.3, 0.4) is 0 Å². The minimum atomic E-state index is -0.801. The first-order valence-electron chi connectivity index (χ1n) is 9.14. The van der Waals surface area contributed by atoms with Crippen LogP contribution in [0.4, 0.5) is 4.79 Å². The number of urea groups is 1. The number of nitrogens with one attached hydrogen (secondary N) is 1. The molecule has 3 rings (SSSR count). The first kappa shape index (κ1) is 19.0. The number of amides is 3. The molecule has 0 saturated carbocycles. The summed E-state index contributed by atoms with van der Waals surface area (Å²) in [6.45, 7) is 8.14. The van der Waals surface area contributed by atoms with Gasteiger partial charge in [-0.2, -0.15) is 11.8 Å². The summed E-state index contributed by atoms with van der Waals surface area (Å²) in [4.78, 5) is 39.1. The van der Waals surface area contributed by atoms with Gasteiger partial charge >= 0.3 is 6.03 Å². The Kier molecular flexibility index (Phi) is 5.15. The number of ketones is 1. The second-order valence-corrected chi connectivity index (χ2v) is 8.89. The zero-order valence-electron chi connectivity index (χ0n) is 15.8. The Labute approximate surface area is 158 Å². The molecular formula is C20H26N2O3S. The largest absolute Gasteiger partial charge is 0.325 e. The molecule has 1 aromatic rings. The molecule has 0 aliphatic carbocycles. The third-order valence-corrected chi connectivity index (χ3v) is 6.42. The van der Waals surface area contributed by atoms with Crippen molar-refractivity contribution in [1.82, 2.24) is 10.2 Å². The number of nitrogens with zero attached hydrogens (tertiary/aromatic N) is 1. The highest BCUT2D eigenvalue weighted by molar-refractivity contribution is 7.99. The Bertz CT molecular complexity index is 751. The predicted molar refractivity (Wildman–Crippen MR) is 104 cm³/mol. The maximum absolute atomic E-state index is 12.9. The number of hydrogen-bond acceptors (Lipinski definition) is 4. The van der Waals surface area contributed by atoms with Gasteiger partial charge in [-0.15, -0.1) is 0 Å². The van der Waals surface area contributed by atoms with Crippen molar-refractivity contribution in [2.24, 2.45) is 0 Å². The minimum Gasteiger partial charge on any atom is -0.322 e. The second-order valence-electron chi connectivity index (χ2n) is 7.79. The van der Waals surface area contributed by atoms with Crippen molar-refractivity contribution in [2.45, 2.75) is 51.5 Å². The normalized spacial score (nSPS) is 22.8. The van der Waals surface area contributed by atoms with Crippen molar-refractivity contribution in [3.8, 4) is 0 Å². The second kappa shape index (κ2) is 7.06. The summed E-state index contributed by atoms with van der Waals surface area (Å²) >= 11 is 1.66. The van der Waals surface area contributed by atoms with Gasteiger partial charge < -0.3 is 5.32 Å². The fourth-order valence-corrected chi connectivity index (χ4v) is 4.88. The van der Waals surface area contributed by atoms with Crippen molar-refractivity contribution in [2.75, 3.05) is 18.1 Å². The Morgan fingerprint density at radius 1 is 1.23 bits per heavy atom. The van der Waals surface area contributed by atoms with E-state index in [-0.39, 0.29) is 24.2 Å². The number of imide groups is 1. The molecular weight excluding hydrogens is 348 g/mol. The molecule has 1 N–H and O–H groups in total. The van der Waals surface area contributed by atoms with Crippen LogP contribution in [-0.2, 0) is 4.79 Å². The number of carbonyl (C=O) groups is 3. The lowest BCUT2D eigenvalue weighted by atomic mass is 9.90. The van der Waals surface area contributed by atoms with Crippen LogP contribution >= 0.6 is 11.8 Å². The number of carbonyl (C=O) groups excluding carboxylic acids is 3. The SMILES string of the molecule is CC(C)c1ccc(C(=O)CN2C(=O)NC3(CCSC3)C2=O)c(C(C)C)c1. The minimum absolute atomic E-state index is 0.185. The zero-order chi connectivity index (χ0) is 19.1. The molecule has 0 aromatic heterocycles. The summed E-state index contributed by atoms with van der Waals surface area (Å²) in [7, 11) is 0. The smallest absolute Gasteiger partial charge is 0.322 e. The molecule has 26 heavy (non-hydrogen) atoms. The number of benzene rings is 1. The quantitative estimate of drug-likeness (QED) is 0.632. The van der Waals surface area contributed by atoms with Crippen molar-refractivity contribution in [3.05, 3.63) is 34.9 Å². The van der Waals surface area contributed by atoms with E-state index in [1.165, 1.54) is 5.56 Å². The Balaban J connectivity index is 1.84. The third kappa shape index (κ3) is 3.27. The summed E-state index contributed by atoms with van der Waals surface area (Å²) in [5, 5.41) is 2.81. The first-order valence-corrected chi connectivity index (χ1v) is 10.3. The van der Waals surface area contributed by atoms with E-state index in [1.54, 1.807) is 11.8 Å². The molecule has 140 valence electrons. The van der Waals surface area contributed by atoms with Crippen LogP contribution in [-0.4, -0.2) is 46.2 Å². The highest BCUT2D eigenvalue weighted by Gasteiger charge is 2.53. The average Bonchev–Trinajstić information content (AvgIpc) is 3.15. The Morgan fingerprint density at radius 2 is 1.96 bits per heavy atom. The van der Waals surface area contributed by atoms with Gasteiger partial charge in [-0.3, -0.25) is 14.5 Å². The van der Waals surface area contributed by atoms with Crippen LogP contribution in [0.2, 0.25) is 0 Å². The van der Waals surface area contributed by atoms with Gasteiger partial charge in [0.1, 0.15) is 5.54 Å². The van der Waals surface area contributed by atoms with E-state index in [0.717, 1.165) is 16.2 Å². The number of Topliss-reactive ketones (excluding diaryl/α,β-unsaturated/α-hetero) is 1. The van der Waals surface area contributed by atoms with Crippen LogP contribution < -0.4 is 5.32 Å². The van der Waals surface area contributed by atoms with Crippen molar-refractivity contribution >= 4 is 29.5 Å². The van der Waals surface area contributed by atoms with E-state index in [0.29, 0.717) is 23.7 Å². The summed E-state index contributed by atoms with van der Waals surface area (Å²) in [5.41, 5.74) is 1.96. The fraction of sp³-hybridized carbons (Fsp3) is 0.550. The lowest BCUT2D eigenvalue weighted by molar-refractivity contribution is -0.130. The monoisotopic (exact) mass is 374 g/mol. The van der Waals surface area contributed by atoms with Gasteiger partial charge in [0.25, 0.3) is 5.91 Å². The molecule has 1 unspecified atom stereocenters. The molecule has 6 heteroatoms. The lowest BCUT2D eigenvalue weighted by Crippen LogP contribution is -2.47. The number of rotatable bonds is 5. The topological polar surface area (TPSA) is 66.5 Å². The average molecular weight is 375 g/mol. The van der Waals surface area contributed by atoms with Gasteiger partial charge in [0.2, 0.25) is 0 Å². The molecule has 2 heterocycles. The van der Waals surface area contributed by atoms with Crippen molar-refractivity contribution in [1.29, 1.82) is 0 Å². The highest BCUT2D eigenvalue weighted by atomic mass is 32.2. The predicted octanol–water partition coefficient (Wildman–Crippen LogP) is 3.54. The molecule has 1 spiro atoms. The summed E-state index contributed by atoms with van der Waals surface area (Å²) in [6, 6.07) is 5.43. The van der Waals surface area contributed by atoms with Crippen LogP contribution in [0.25, 0.3) is 0 Å². The maximum Gasteiger partial charge on any atom is 0.325 e. The molecule has 1 aromatic carbocycles. The van der Waals surface area contributed by atoms with Crippen LogP contribution in [0.15, 0.2) is 18.2 Å². The third-order valence-electron chi connectivity index (χ3n) is 5.23. The van der Waals surface area contributed by atoms with Gasteiger partial charge in [0, 0.05) is 11.3 Å². The van der Waals surface area contributed by atoms with Crippen LogP contribution in [0.1, 0.15) is 67.4 Å². The summed E-state index contributed by atoms with van der Waals surface area (Å²) in [6.07, 6.45) is 0.632. The van der Waals surface area contributed by atoms with E-state index in [2.05, 4.69) is 39.1 Å². The Hall–Kier alpha value is -1.82. The van der Waals surface area contributed by atoms with E-state index < -0.39 is 11.6 Å². The van der Waals surface area contributed by atoms with Crippen LogP contribution in [0.5, 0.6) is 0 Å². The summed E-state index contributed by atoms with van der Waals surface area (Å²) in [5.74, 6) is 1.56. The molecule has 2 aliphatic heterocycles. The summed E-state index contributed by atoms with van der Waals surface area (Å²) < 4.78 is 0. The number of thioether (sulfide) groups is 1. The molecule has 2 aliphatic rings. The molecule has 2 saturated heterocycles. The fourth-order valence-electron chi connectivity index (χ4n) is 3.55. The van der Waals surface area contributed by atoms with Gasteiger partial charge in [0.05, 0.1) is 6.54 Å². The van der Waals surface area contributed by atoms with Gasteiger partial charge in [0.15, 0.2) is 5.78 Å². The molecule has 5 nitrogen and oxygen atoms in total. The molecule has 0 radical (unpaired) electrons. The number of hydrogen-bond donors (Lipinski definition) is 1. The first-order chi connectivity index (χ1) is 12.2. The molecule has 3 amide bonds. The molecule has 2 fully saturated rings. The van der Waals surface area contributed by atoms with E-state index >= 15 is 0 Å². The highest BCUT2D eigenvalue weighted by Crippen LogP contribution is 2.33. The van der Waals surface area contributed by atoms with Crippen molar-refractivity contribution in [3.63, 3.8) is 0 Å². The van der Waals surface area contributed by atoms with Gasteiger partial charge in [-0.05, 0) is 35.1 Å². The van der Waals surface area contributed by atoms with Gasteiger partial charge in [-0.25, -0.2) is 4.79 Å². The van der Waals surface area contributed by atoms with Gasteiger partial charge in [-0.1, -0.05) is 45.9 Å². The molecule has 0 bridgehead atoms. The zero-order valence-corrected chi connectivity index (χ0v) is 16.6. The van der Waals surface area contributed by atoms with E-state index in [9.17, 15) is 14.4 Å². The lowest BCUT2D eigenvalue weighted by Gasteiger charge is -2.20. The maximum atomic E-state index is 12.9. The Morgan fingerprint density at radius 3 is 2.54 bits per heavy atom. The molecule has 1 atom stereocenters. The van der Waals surface area contributed by atoms with E-state index in [4.69, 9.17) is 0 Å². The standard InChI is InChI=1S/C20H26N2O3S/c1-12(2)14-5-6-15(16(9-14)13(3)4)17(23)10-22-18(24)20(21-19(22)25)7-8-26-11-20/h5-6,9,12-13H,7-8,10-11H2,1-4H3,(H,21,25). The van der Waals surface area contributed by atoms with Crippen molar-refractivity contribution < 1.29 is 14.4 Å². The van der Waals surface area contributed by atoms with E-state index in [1.807, 2.05) is 12.1 Å².